The number of fused-ring (bicyclic) bond motifs is 3. The molecule has 2 atom stereocenters. The van der Waals surface area contributed by atoms with Crippen LogP contribution in [-0.4, -0.2) is 58.7 Å². The van der Waals surface area contributed by atoms with Crippen molar-refractivity contribution < 1.29 is 24.5 Å². The fraction of sp³-hybridized carbons (Fsp3) is 0.292. The summed E-state index contributed by atoms with van der Waals surface area (Å²) in [5, 5.41) is 20.1. The second-order valence-electron chi connectivity index (χ2n) is 7.64. The van der Waals surface area contributed by atoms with Crippen LogP contribution >= 0.6 is 11.6 Å². The quantitative estimate of drug-likeness (QED) is 0.470. The molecule has 8 heteroatoms. The van der Waals surface area contributed by atoms with Crippen LogP contribution in [0.1, 0.15) is 22.9 Å². The number of nitrogens with one attached hydrogen (secondary N) is 1. The second-order valence-corrected chi connectivity index (χ2v) is 8.07. The van der Waals surface area contributed by atoms with Crippen LogP contribution in [0.4, 0.5) is 4.79 Å². The third-order valence-electron chi connectivity index (χ3n) is 5.50. The normalized spacial score (nSPS) is 16.5. The molecule has 2 unspecified atom stereocenters. The molecule has 2 heterocycles. The Labute approximate surface area is 190 Å². The average Bonchev–Trinajstić information content (AvgIpc) is 3.18. The summed E-state index contributed by atoms with van der Waals surface area (Å²) in [6.45, 7) is 3.87. The van der Waals surface area contributed by atoms with Crippen LogP contribution in [0.3, 0.4) is 0 Å². The predicted octanol–water partition coefficient (Wildman–Crippen LogP) is 3.82. The van der Waals surface area contributed by atoms with Gasteiger partial charge in [0.2, 0.25) is 0 Å². The van der Waals surface area contributed by atoms with E-state index in [1.165, 1.54) is 0 Å². The largest absolute Gasteiger partial charge is 0.491 e. The minimum atomic E-state index is -0.941. The number of carbonyl (C=O) groups excluding carboxylic acids is 1. The van der Waals surface area contributed by atoms with Gasteiger partial charge in [-0.2, -0.15) is 0 Å². The van der Waals surface area contributed by atoms with Gasteiger partial charge in [0.1, 0.15) is 31.1 Å². The van der Waals surface area contributed by atoms with Crippen molar-refractivity contribution in [3.8, 4) is 5.75 Å². The van der Waals surface area contributed by atoms with Gasteiger partial charge in [0.05, 0.1) is 6.61 Å². The minimum Gasteiger partial charge on any atom is -0.491 e. The van der Waals surface area contributed by atoms with Crippen molar-refractivity contribution in [1.82, 2.24) is 9.88 Å². The summed E-state index contributed by atoms with van der Waals surface area (Å²) >= 11 is 6.23. The molecule has 32 heavy (non-hydrogen) atoms. The fourth-order valence-corrected chi connectivity index (χ4v) is 4.18. The van der Waals surface area contributed by atoms with E-state index in [9.17, 15) is 9.90 Å². The molecule has 0 saturated heterocycles. The topological polar surface area (TPSA) is 95.0 Å². The van der Waals surface area contributed by atoms with Crippen molar-refractivity contribution in [3.63, 3.8) is 0 Å². The Morgan fingerprint density at radius 2 is 2.09 bits per heavy atom. The predicted molar refractivity (Wildman–Crippen MR) is 122 cm³/mol. The Morgan fingerprint density at radius 1 is 1.31 bits per heavy atom. The summed E-state index contributed by atoms with van der Waals surface area (Å²) in [6.07, 6.45) is 0.864. The number of hydrogen-bond acceptors (Lipinski definition) is 5. The number of aliphatic hydroxyl groups excluding tert-OH is 2. The smallest absolute Gasteiger partial charge is 0.410 e. The van der Waals surface area contributed by atoms with E-state index in [0.29, 0.717) is 23.7 Å². The van der Waals surface area contributed by atoms with E-state index in [4.69, 9.17) is 26.2 Å². The number of carbonyl (C=O) groups is 1. The zero-order valence-corrected chi connectivity index (χ0v) is 18.2. The van der Waals surface area contributed by atoms with Crippen molar-refractivity contribution in [2.75, 3.05) is 26.4 Å². The van der Waals surface area contributed by atoms with Crippen LogP contribution in [0.15, 0.2) is 55.1 Å². The molecule has 1 aliphatic rings. The van der Waals surface area contributed by atoms with E-state index < -0.39 is 12.2 Å². The van der Waals surface area contributed by atoms with Crippen LogP contribution in [0.5, 0.6) is 5.75 Å². The Kier molecular flexibility index (Phi) is 6.69. The number of aliphatic hydroxyl groups is 2. The van der Waals surface area contributed by atoms with Gasteiger partial charge >= 0.3 is 6.09 Å². The lowest BCUT2D eigenvalue weighted by Gasteiger charge is -2.35. The molecule has 1 aromatic heterocycles. The van der Waals surface area contributed by atoms with Crippen LogP contribution < -0.4 is 4.74 Å². The Hall–Kier alpha value is -3.00. The molecule has 1 amide bonds. The monoisotopic (exact) mass is 456 g/mol. The molecule has 1 aliphatic heterocycles. The number of ether oxygens (including phenoxy) is 2. The average molecular weight is 457 g/mol. The van der Waals surface area contributed by atoms with Crippen molar-refractivity contribution >= 4 is 28.6 Å². The minimum absolute atomic E-state index is 0.00773. The molecule has 0 aliphatic carbocycles. The first-order valence-electron chi connectivity index (χ1n) is 10.4. The number of hydrogen-bond donors (Lipinski definition) is 3. The molecule has 168 valence electrons. The number of nitrogens with zero attached hydrogens (tertiary/aromatic N) is 1. The van der Waals surface area contributed by atoms with Crippen molar-refractivity contribution in [2.24, 2.45) is 0 Å². The Balaban J connectivity index is 1.70. The molecule has 3 aromatic rings. The molecule has 3 N–H and O–H groups in total. The van der Waals surface area contributed by atoms with Crippen molar-refractivity contribution in [2.45, 2.75) is 18.6 Å². The van der Waals surface area contributed by atoms with Gasteiger partial charge in [-0.3, -0.25) is 4.90 Å². The van der Waals surface area contributed by atoms with Gasteiger partial charge in [-0.15, -0.1) is 0 Å². The van der Waals surface area contributed by atoms with E-state index in [-0.39, 0.29) is 25.9 Å². The molecule has 0 bridgehead atoms. The van der Waals surface area contributed by atoms with Gasteiger partial charge in [-0.05, 0) is 47.9 Å². The second kappa shape index (κ2) is 9.65. The first kappa shape index (κ1) is 22.2. The molecular formula is C24H25ClN2O5. The molecule has 0 spiro atoms. The molecule has 0 saturated carbocycles. The zero-order valence-electron chi connectivity index (χ0n) is 17.5. The van der Waals surface area contributed by atoms with E-state index in [0.717, 1.165) is 27.7 Å². The highest BCUT2D eigenvalue weighted by Crippen LogP contribution is 2.39. The first-order chi connectivity index (χ1) is 15.5. The van der Waals surface area contributed by atoms with Crippen LogP contribution in [-0.2, 0) is 11.2 Å². The number of amides is 1. The molecular weight excluding hydrogens is 432 g/mol. The summed E-state index contributed by atoms with van der Waals surface area (Å²) in [7, 11) is 0. The lowest BCUT2D eigenvalue weighted by molar-refractivity contribution is 0.0536. The van der Waals surface area contributed by atoms with E-state index in [1.807, 2.05) is 30.3 Å². The number of aromatic nitrogens is 1. The maximum Gasteiger partial charge on any atom is 0.410 e. The Bertz CT molecular complexity index is 1110. The number of halogens is 1. The van der Waals surface area contributed by atoms with Crippen LogP contribution in [0.25, 0.3) is 10.9 Å². The zero-order chi connectivity index (χ0) is 22.7. The highest BCUT2D eigenvalue weighted by atomic mass is 35.5. The standard InChI is InChI=1S/C24H25ClN2O5/c1-2-11-31-24(30)27-10-9-19-20-12-16(25)5-8-21(20)26-22(19)23(27)15-3-6-18(7-4-15)32-14-17(29)13-28/h2-8,12,17,23,26,28-29H,1,9-11,13-14H2. The summed E-state index contributed by atoms with van der Waals surface area (Å²) in [6, 6.07) is 12.7. The van der Waals surface area contributed by atoms with Gasteiger partial charge < -0.3 is 24.7 Å². The van der Waals surface area contributed by atoms with Crippen LogP contribution in [0, 0.1) is 0 Å². The van der Waals surface area contributed by atoms with Gasteiger partial charge in [-0.1, -0.05) is 36.4 Å². The summed E-state index contributed by atoms with van der Waals surface area (Å²) < 4.78 is 10.9. The number of H-pyrrole nitrogens is 1. The maximum atomic E-state index is 12.8. The van der Waals surface area contributed by atoms with Gasteiger partial charge in [0.15, 0.2) is 0 Å². The maximum absolute atomic E-state index is 12.8. The van der Waals surface area contributed by atoms with Gasteiger partial charge in [0, 0.05) is 28.2 Å². The molecule has 0 fully saturated rings. The van der Waals surface area contributed by atoms with E-state index in [2.05, 4.69) is 11.6 Å². The van der Waals surface area contributed by atoms with Gasteiger partial charge in [-0.25, -0.2) is 4.79 Å². The lowest BCUT2D eigenvalue weighted by Crippen LogP contribution is -2.41. The third kappa shape index (κ3) is 4.46. The molecule has 4 rings (SSSR count). The molecule has 0 radical (unpaired) electrons. The Morgan fingerprint density at radius 3 is 2.81 bits per heavy atom. The molecule has 7 nitrogen and oxygen atoms in total. The lowest BCUT2D eigenvalue weighted by atomic mass is 9.92. The number of rotatable bonds is 7. The number of aromatic amines is 1. The summed E-state index contributed by atoms with van der Waals surface area (Å²) in [5.41, 5.74) is 3.90. The van der Waals surface area contributed by atoms with Crippen molar-refractivity contribution in [3.05, 3.63) is 77.0 Å². The highest BCUT2D eigenvalue weighted by molar-refractivity contribution is 6.31. The number of benzene rings is 2. The van der Waals surface area contributed by atoms with Crippen LogP contribution in [0.2, 0.25) is 5.02 Å². The molecule has 2 aromatic carbocycles. The highest BCUT2D eigenvalue weighted by Gasteiger charge is 2.35. The van der Waals surface area contributed by atoms with E-state index >= 15 is 0 Å². The first-order valence-corrected chi connectivity index (χ1v) is 10.8. The third-order valence-corrected chi connectivity index (χ3v) is 5.73. The summed E-state index contributed by atoms with van der Waals surface area (Å²) in [5.74, 6) is 0.557. The van der Waals surface area contributed by atoms with E-state index in [1.54, 1.807) is 23.1 Å². The summed E-state index contributed by atoms with van der Waals surface area (Å²) in [4.78, 5) is 18.0. The van der Waals surface area contributed by atoms with Gasteiger partial charge in [0.25, 0.3) is 0 Å². The SMILES string of the molecule is C=CCOC(=O)N1CCc2c([nH]c3ccc(Cl)cc23)C1c1ccc(OCC(O)CO)cc1. The van der Waals surface area contributed by atoms with Crippen molar-refractivity contribution in [1.29, 1.82) is 0 Å². The fourth-order valence-electron chi connectivity index (χ4n) is 4.01.